The number of hydrogen-bond acceptors (Lipinski definition) is 4. The van der Waals surface area contributed by atoms with Crippen LogP contribution in [0.15, 0.2) is 95.3 Å². The van der Waals surface area contributed by atoms with Crippen molar-refractivity contribution in [1.82, 2.24) is 9.36 Å². The Labute approximate surface area is 223 Å². The Morgan fingerprint density at radius 3 is 1.97 bits per heavy atom. The Morgan fingerprint density at radius 1 is 0.816 bits per heavy atom. The summed E-state index contributed by atoms with van der Waals surface area (Å²) in [5, 5.41) is 3.43. The van der Waals surface area contributed by atoms with Crippen LogP contribution in [0.3, 0.4) is 0 Å². The van der Waals surface area contributed by atoms with E-state index in [9.17, 15) is 9.59 Å². The number of nitrogens with zero attached hydrogens (tertiary/aromatic N) is 5. The summed E-state index contributed by atoms with van der Waals surface area (Å²) in [5.74, 6) is -0.201. The van der Waals surface area contributed by atoms with Crippen molar-refractivity contribution in [2.45, 2.75) is 20.8 Å². The van der Waals surface area contributed by atoms with E-state index in [-0.39, 0.29) is 11.5 Å². The molecule has 38 heavy (non-hydrogen) atoms. The van der Waals surface area contributed by atoms with Gasteiger partial charge < -0.3 is 4.90 Å². The van der Waals surface area contributed by atoms with E-state index >= 15 is 0 Å². The summed E-state index contributed by atoms with van der Waals surface area (Å²) in [6.07, 6.45) is 1.93. The summed E-state index contributed by atoms with van der Waals surface area (Å²) in [6.45, 7) is 8.39. The highest BCUT2D eigenvalue weighted by atomic mass is 16.2. The van der Waals surface area contributed by atoms with Crippen molar-refractivity contribution in [1.29, 1.82) is 0 Å². The second-order valence-corrected chi connectivity index (χ2v) is 9.35. The van der Waals surface area contributed by atoms with Gasteiger partial charge >= 0.3 is 0 Å². The van der Waals surface area contributed by atoms with Gasteiger partial charge in [0.05, 0.1) is 23.6 Å². The lowest BCUT2D eigenvalue weighted by Crippen LogP contribution is -2.42. The van der Waals surface area contributed by atoms with Gasteiger partial charge in [0.1, 0.15) is 0 Å². The normalized spacial score (nSPS) is 14.5. The Balaban J connectivity index is 1.59. The maximum Gasteiger partial charge on any atom is 0.297 e. The first-order valence-electron chi connectivity index (χ1n) is 13.0. The average Bonchev–Trinajstić information content (AvgIpc) is 3.37. The lowest BCUT2D eigenvalue weighted by molar-refractivity contribution is -0.114. The Morgan fingerprint density at radius 2 is 1.39 bits per heavy atom. The molecule has 194 valence electrons. The van der Waals surface area contributed by atoms with Crippen LogP contribution in [0.2, 0.25) is 0 Å². The zero-order valence-corrected chi connectivity index (χ0v) is 22.3. The fourth-order valence-corrected chi connectivity index (χ4v) is 5.05. The minimum atomic E-state index is -0.240. The topological polar surface area (TPSA) is 53.7 Å². The van der Waals surface area contributed by atoms with Gasteiger partial charge in [-0.15, -0.1) is 0 Å². The number of benzene rings is 3. The first-order valence-corrected chi connectivity index (χ1v) is 13.0. The van der Waals surface area contributed by atoms with E-state index in [0.717, 1.165) is 35.7 Å². The van der Waals surface area contributed by atoms with E-state index in [2.05, 4.69) is 30.9 Å². The van der Waals surface area contributed by atoms with Crippen LogP contribution >= 0.6 is 0 Å². The molecule has 3 aromatic carbocycles. The van der Waals surface area contributed by atoms with Crippen LogP contribution in [0, 0.1) is 6.92 Å². The van der Waals surface area contributed by atoms with Crippen LogP contribution in [-0.2, 0) is 11.8 Å². The van der Waals surface area contributed by atoms with Gasteiger partial charge in [-0.05, 0) is 68.8 Å². The van der Waals surface area contributed by atoms with E-state index in [1.165, 1.54) is 0 Å². The molecule has 0 saturated carbocycles. The van der Waals surface area contributed by atoms with Crippen molar-refractivity contribution in [3.8, 4) is 5.69 Å². The van der Waals surface area contributed by atoms with Gasteiger partial charge in [-0.1, -0.05) is 48.5 Å². The number of para-hydroxylation sites is 2. The largest absolute Gasteiger partial charge is 0.372 e. The third kappa shape index (κ3) is 4.41. The Bertz CT molecular complexity index is 1510. The van der Waals surface area contributed by atoms with Crippen molar-refractivity contribution >= 4 is 29.0 Å². The molecule has 0 spiro atoms. The summed E-state index contributed by atoms with van der Waals surface area (Å²) < 4.78 is 3.41. The van der Waals surface area contributed by atoms with Crippen LogP contribution in [0.4, 0.5) is 17.1 Å². The van der Waals surface area contributed by atoms with Crippen LogP contribution < -0.4 is 20.5 Å². The van der Waals surface area contributed by atoms with Gasteiger partial charge in [0.2, 0.25) is 0 Å². The van der Waals surface area contributed by atoms with Gasteiger partial charge in [0, 0.05) is 31.4 Å². The number of amides is 1. The van der Waals surface area contributed by atoms with E-state index in [0.29, 0.717) is 23.5 Å². The molecule has 7 nitrogen and oxygen atoms in total. The molecule has 1 aromatic heterocycles. The van der Waals surface area contributed by atoms with E-state index in [1.54, 1.807) is 14.4 Å². The molecular formula is C31H33N5O2. The Kier molecular flexibility index (Phi) is 6.92. The van der Waals surface area contributed by atoms with E-state index in [4.69, 9.17) is 0 Å². The molecule has 7 heteroatoms. The fourth-order valence-electron chi connectivity index (χ4n) is 5.05. The molecule has 1 amide bonds. The number of anilines is 3. The molecule has 0 radical (unpaired) electrons. The van der Waals surface area contributed by atoms with E-state index in [1.807, 2.05) is 97.9 Å². The van der Waals surface area contributed by atoms with Crippen LogP contribution in [-0.4, -0.2) is 34.9 Å². The molecule has 0 bridgehead atoms. The quantitative estimate of drug-likeness (QED) is 0.324. The third-order valence-corrected chi connectivity index (χ3v) is 7.18. The monoisotopic (exact) mass is 507 g/mol. The number of aromatic nitrogens is 2. The molecule has 5 rings (SSSR count). The highest BCUT2D eigenvalue weighted by Gasteiger charge is 2.39. The van der Waals surface area contributed by atoms with Crippen LogP contribution in [0.1, 0.15) is 25.1 Å². The summed E-state index contributed by atoms with van der Waals surface area (Å²) in [7, 11) is 1.84. The minimum Gasteiger partial charge on any atom is -0.372 e. The minimum absolute atomic E-state index is 0.201. The molecule has 0 atom stereocenters. The maximum absolute atomic E-state index is 14.0. The van der Waals surface area contributed by atoms with Crippen molar-refractivity contribution in [3.05, 3.63) is 112 Å². The van der Waals surface area contributed by atoms with Gasteiger partial charge in [-0.25, -0.2) is 9.69 Å². The molecule has 0 aliphatic carbocycles. The molecule has 1 aliphatic rings. The number of rotatable bonds is 7. The predicted octanol–water partition coefficient (Wildman–Crippen LogP) is 5.18. The molecule has 0 N–H and O–H groups in total. The van der Waals surface area contributed by atoms with Crippen molar-refractivity contribution in [2.75, 3.05) is 34.6 Å². The first-order chi connectivity index (χ1) is 18.4. The fraction of sp³-hybridized carbons (Fsp3) is 0.226. The molecule has 2 heterocycles. The number of hydrogen-bond donors (Lipinski definition) is 0. The van der Waals surface area contributed by atoms with Crippen LogP contribution in [0.5, 0.6) is 0 Å². The summed E-state index contributed by atoms with van der Waals surface area (Å²) >= 11 is 0. The zero-order chi connectivity index (χ0) is 26.8. The van der Waals surface area contributed by atoms with Crippen LogP contribution in [0.25, 0.3) is 11.8 Å². The lowest BCUT2D eigenvalue weighted by Gasteiger charge is -2.28. The number of hydrazine groups is 1. The van der Waals surface area contributed by atoms with Crippen molar-refractivity contribution in [2.24, 2.45) is 7.05 Å². The van der Waals surface area contributed by atoms with Crippen molar-refractivity contribution < 1.29 is 4.79 Å². The Hall–Kier alpha value is -4.52. The highest BCUT2D eigenvalue weighted by molar-refractivity contribution is 6.13. The molecule has 1 saturated heterocycles. The van der Waals surface area contributed by atoms with Gasteiger partial charge in [-0.2, -0.15) is 0 Å². The molecular weight excluding hydrogens is 474 g/mol. The highest BCUT2D eigenvalue weighted by Crippen LogP contribution is 2.32. The standard InChI is InChI=1S/C31H33N5O2/c1-5-33(6-2)26-19-17-24(18-20-26)21-25-22-34(27-13-9-7-10-14-27)36(30(25)37)29-23(3)32(4)35(31(29)38)28-15-11-8-12-16-28/h7-21H,5-6,22H2,1-4H3/b25-21+. The maximum atomic E-state index is 14.0. The van der Waals surface area contributed by atoms with Crippen molar-refractivity contribution in [3.63, 3.8) is 0 Å². The number of carbonyl (C=O) groups is 1. The van der Waals surface area contributed by atoms with E-state index < -0.39 is 0 Å². The molecule has 0 unspecified atom stereocenters. The SMILES string of the molecule is CCN(CC)c1ccc(/C=C2\CN(c3ccccc3)N(c3c(C)n(C)n(-c4ccccc4)c3=O)C2=O)cc1. The number of carbonyl (C=O) groups excluding carboxylic acids is 1. The summed E-state index contributed by atoms with van der Waals surface area (Å²) in [4.78, 5) is 30.1. The van der Waals surface area contributed by atoms with Gasteiger partial charge in [0.25, 0.3) is 11.5 Å². The lowest BCUT2D eigenvalue weighted by atomic mass is 10.1. The smallest absolute Gasteiger partial charge is 0.297 e. The predicted molar refractivity (Wildman–Crippen MR) is 155 cm³/mol. The third-order valence-electron chi connectivity index (χ3n) is 7.18. The summed E-state index contributed by atoms with van der Waals surface area (Å²) in [6, 6.07) is 27.5. The molecule has 1 fully saturated rings. The molecule has 4 aromatic rings. The second kappa shape index (κ2) is 10.5. The van der Waals surface area contributed by atoms with Gasteiger partial charge in [0.15, 0.2) is 5.69 Å². The first kappa shape index (κ1) is 25.1. The summed E-state index contributed by atoms with van der Waals surface area (Å²) in [5.41, 5.74) is 5.14. The van der Waals surface area contributed by atoms with Gasteiger partial charge in [-0.3, -0.25) is 19.3 Å². The zero-order valence-electron chi connectivity index (χ0n) is 22.3. The molecule has 1 aliphatic heterocycles. The average molecular weight is 508 g/mol. The second-order valence-electron chi connectivity index (χ2n) is 9.35.